The molecule has 0 fully saturated rings. The summed E-state index contributed by atoms with van der Waals surface area (Å²) < 4.78 is 13.3. The Morgan fingerprint density at radius 1 is 1.29 bits per heavy atom. The van der Waals surface area contributed by atoms with E-state index in [9.17, 15) is 0 Å². The van der Waals surface area contributed by atoms with E-state index in [4.69, 9.17) is 9.15 Å². The van der Waals surface area contributed by atoms with E-state index in [0.717, 1.165) is 35.2 Å². The number of nitrogens with zero attached hydrogens (tertiary/aromatic N) is 2. The molecule has 0 spiro atoms. The maximum absolute atomic E-state index is 5.86. The fourth-order valence-corrected chi connectivity index (χ4v) is 2.05. The molecule has 21 heavy (non-hydrogen) atoms. The van der Waals surface area contributed by atoms with Gasteiger partial charge in [0.25, 0.3) is 0 Å². The molecule has 0 atom stereocenters. The van der Waals surface area contributed by atoms with Crippen molar-refractivity contribution in [2.45, 2.75) is 53.3 Å². The second-order valence-electron chi connectivity index (χ2n) is 6.46. The van der Waals surface area contributed by atoms with Gasteiger partial charge in [0.2, 0.25) is 5.88 Å². The molecule has 2 aromatic heterocycles. The Hall–Kier alpha value is -1.75. The summed E-state index contributed by atoms with van der Waals surface area (Å²) in [6, 6.07) is 3.95. The van der Waals surface area contributed by atoms with Crippen LogP contribution in [0.4, 0.5) is 0 Å². The van der Waals surface area contributed by atoms with Crippen molar-refractivity contribution in [3.05, 3.63) is 34.9 Å². The van der Waals surface area contributed by atoms with Gasteiger partial charge in [-0.15, -0.1) is 0 Å². The molecule has 2 aromatic rings. The Labute approximate surface area is 126 Å². The molecule has 0 saturated carbocycles. The second-order valence-corrected chi connectivity index (χ2v) is 6.46. The molecule has 5 nitrogen and oxygen atoms in total. The Bertz CT molecular complexity index is 606. The molecule has 2 heterocycles. The van der Waals surface area contributed by atoms with Crippen molar-refractivity contribution in [3.63, 3.8) is 0 Å². The lowest BCUT2D eigenvalue weighted by atomic mass is 10.1. The van der Waals surface area contributed by atoms with E-state index in [-0.39, 0.29) is 5.54 Å². The van der Waals surface area contributed by atoms with Crippen LogP contribution in [-0.4, -0.2) is 15.3 Å². The number of aromatic nitrogens is 2. The van der Waals surface area contributed by atoms with Crippen molar-refractivity contribution in [2.24, 2.45) is 7.05 Å². The molecular formula is C16H25N3O2. The summed E-state index contributed by atoms with van der Waals surface area (Å²) >= 11 is 0. The molecule has 0 bridgehead atoms. The lowest BCUT2D eigenvalue weighted by Gasteiger charge is -2.19. The zero-order valence-corrected chi connectivity index (χ0v) is 13.8. The lowest BCUT2D eigenvalue weighted by Crippen LogP contribution is -2.35. The third-order valence-electron chi connectivity index (χ3n) is 3.17. The Morgan fingerprint density at radius 3 is 2.57 bits per heavy atom. The minimum absolute atomic E-state index is 0.0716. The first-order valence-corrected chi connectivity index (χ1v) is 7.21. The molecular weight excluding hydrogens is 266 g/mol. The standard InChI is InChI=1S/C16H25N3O2/c1-11-7-13(21-14(11)9-17-16(3,4)5)10-20-15-8-12(2)18-19(15)6/h7-8,17H,9-10H2,1-6H3. The molecule has 0 radical (unpaired) electrons. The van der Waals surface area contributed by atoms with Crippen LogP contribution in [0.3, 0.4) is 0 Å². The largest absolute Gasteiger partial charge is 0.470 e. The Kier molecular flexibility index (Phi) is 4.42. The molecule has 0 aromatic carbocycles. The first-order valence-electron chi connectivity index (χ1n) is 7.21. The van der Waals surface area contributed by atoms with E-state index in [2.05, 4.69) is 38.1 Å². The quantitative estimate of drug-likeness (QED) is 0.919. The maximum Gasteiger partial charge on any atom is 0.212 e. The first kappa shape index (κ1) is 15.6. The number of hydrogen-bond acceptors (Lipinski definition) is 4. The van der Waals surface area contributed by atoms with Gasteiger partial charge in [0.1, 0.15) is 18.1 Å². The van der Waals surface area contributed by atoms with Gasteiger partial charge >= 0.3 is 0 Å². The van der Waals surface area contributed by atoms with Crippen molar-refractivity contribution in [2.75, 3.05) is 0 Å². The summed E-state index contributed by atoms with van der Waals surface area (Å²) in [6.45, 7) is 11.6. The van der Waals surface area contributed by atoms with Crippen molar-refractivity contribution in [1.82, 2.24) is 15.1 Å². The lowest BCUT2D eigenvalue weighted by molar-refractivity contribution is 0.243. The van der Waals surface area contributed by atoms with Crippen LogP contribution in [0.5, 0.6) is 5.88 Å². The highest BCUT2D eigenvalue weighted by atomic mass is 16.5. The van der Waals surface area contributed by atoms with Gasteiger partial charge in [-0.2, -0.15) is 5.10 Å². The van der Waals surface area contributed by atoms with E-state index in [0.29, 0.717) is 6.61 Å². The number of hydrogen-bond donors (Lipinski definition) is 1. The van der Waals surface area contributed by atoms with E-state index in [1.807, 2.05) is 26.1 Å². The third-order valence-corrected chi connectivity index (χ3v) is 3.17. The van der Waals surface area contributed by atoms with E-state index >= 15 is 0 Å². The van der Waals surface area contributed by atoms with Gasteiger partial charge in [-0.3, -0.25) is 0 Å². The number of ether oxygens (including phenoxy) is 1. The van der Waals surface area contributed by atoms with E-state index < -0.39 is 0 Å². The summed E-state index contributed by atoms with van der Waals surface area (Å²) in [7, 11) is 1.87. The van der Waals surface area contributed by atoms with Gasteiger partial charge < -0.3 is 14.5 Å². The van der Waals surface area contributed by atoms with Gasteiger partial charge in [0.05, 0.1) is 12.2 Å². The second kappa shape index (κ2) is 5.93. The topological polar surface area (TPSA) is 52.2 Å². The molecule has 5 heteroatoms. The van der Waals surface area contributed by atoms with Crippen LogP contribution in [-0.2, 0) is 20.2 Å². The van der Waals surface area contributed by atoms with Crippen molar-refractivity contribution in [3.8, 4) is 5.88 Å². The molecule has 0 aliphatic rings. The molecule has 0 saturated heterocycles. The smallest absolute Gasteiger partial charge is 0.212 e. The monoisotopic (exact) mass is 291 g/mol. The average molecular weight is 291 g/mol. The molecule has 2 rings (SSSR count). The predicted octanol–water partition coefficient (Wildman–Crippen LogP) is 3.10. The van der Waals surface area contributed by atoms with Crippen LogP contribution >= 0.6 is 0 Å². The van der Waals surface area contributed by atoms with Crippen molar-refractivity contribution >= 4 is 0 Å². The molecule has 0 unspecified atom stereocenters. The summed E-state index contributed by atoms with van der Waals surface area (Å²) in [5, 5.41) is 7.68. The van der Waals surface area contributed by atoms with Crippen LogP contribution in [0, 0.1) is 13.8 Å². The Morgan fingerprint density at radius 2 is 2.00 bits per heavy atom. The van der Waals surface area contributed by atoms with Gasteiger partial charge in [-0.25, -0.2) is 4.68 Å². The van der Waals surface area contributed by atoms with E-state index in [1.54, 1.807) is 4.68 Å². The van der Waals surface area contributed by atoms with Crippen LogP contribution in [0.2, 0.25) is 0 Å². The average Bonchev–Trinajstić information content (AvgIpc) is 2.86. The zero-order valence-electron chi connectivity index (χ0n) is 13.8. The molecule has 0 amide bonds. The van der Waals surface area contributed by atoms with Gasteiger partial charge in [-0.05, 0) is 46.2 Å². The van der Waals surface area contributed by atoms with Gasteiger partial charge in [-0.1, -0.05) is 0 Å². The molecule has 0 aliphatic heterocycles. The molecule has 0 aliphatic carbocycles. The summed E-state index contributed by atoms with van der Waals surface area (Å²) in [5.41, 5.74) is 2.16. The van der Waals surface area contributed by atoms with Gasteiger partial charge in [0.15, 0.2) is 0 Å². The van der Waals surface area contributed by atoms with Crippen molar-refractivity contribution < 1.29 is 9.15 Å². The van der Waals surface area contributed by atoms with Crippen LogP contribution in [0.1, 0.15) is 43.5 Å². The summed E-state index contributed by atoms with van der Waals surface area (Å²) in [4.78, 5) is 0. The normalized spacial score (nSPS) is 11.9. The fourth-order valence-electron chi connectivity index (χ4n) is 2.05. The minimum atomic E-state index is 0.0716. The minimum Gasteiger partial charge on any atom is -0.470 e. The Balaban J connectivity index is 1.97. The molecule has 116 valence electrons. The highest BCUT2D eigenvalue weighted by molar-refractivity contribution is 5.21. The number of aryl methyl sites for hydroxylation is 3. The fraction of sp³-hybridized carbons (Fsp3) is 0.562. The van der Waals surface area contributed by atoms with Crippen LogP contribution in [0.15, 0.2) is 16.5 Å². The van der Waals surface area contributed by atoms with E-state index in [1.165, 1.54) is 0 Å². The number of nitrogens with one attached hydrogen (secondary N) is 1. The molecule has 1 N–H and O–H groups in total. The van der Waals surface area contributed by atoms with Crippen LogP contribution in [0.25, 0.3) is 0 Å². The number of furan rings is 1. The SMILES string of the molecule is Cc1cc(OCc2cc(C)c(CNC(C)(C)C)o2)n(C)n1. The first-order chi connectivity index (χ1) is 9.74. The van der Waals surface area contributed by atoms with Crippen LogP contribution < -0.4 is 10.1 Å². The highest BCUT2D eigenvalue weighted by Gasteiger charge is 2.13. The predicted molar refractivity (Wildman–Crippen MR) is 82.3 cm³/mol. The zero-order chi connectivity index (χ0) is 15.6. The summed E-state index contributed by atoms with van der Waals surface area (Å²) in [6.07, 6.45) is 0. The van der Waals surface area contributed by atoms with Gasteiger partial charge in [0, 0.05) is 18.7 Å². The third kappa shape index (κ3) is 4.36. The summed E-state index contributed by atoms with van der Waals surface area (Å²) in [5.74, 6) is 2.54. The van der Waals surface area contributed by atoms with Crippen molar-refractivity contribution in [1.29, 1.82) is 0 Å². The highest BCUT2D eigenvalue weighted by Crippen LogP contribution is 2.18. The maximum atomic E-state index is 5.86. The number of rotatable bonds is 5.